The fourth-order valence-corrected chi connectivity index (χ4v) is 1.73. The van der Waals surface area contributed by atoms with Crippen LogP contribution in [0.2, 0.25) is 0 Å². The van der Waals surface area contributed by atoms with Crippen molar-refractivity contribution >= 4 is 21.8 Å². The average Bonchev–Trinajstić information content (AvgIpc) is 2.40. The Morgan fingerprint density at radius 2 is 2.17 bits per heavy atom. The lowest BCUT2D eigenvalue weighted by Crippen LogP contribution is -2.26. The lowest BCUT2D eigenvalue weighted by Gasteiger charge is -2.11. The normalized spacial score (nSPS) is 9.94. The molecule has 0 radical (unpaired) electrons. The summed E-state index contributed by atoms with van der Waals surface area (Å²) in [6.07, 6.45) is 0.765. The van der Waals surface area contributed by atoms with E-state index in [1.807, 2.05) is 25.1 Å². The van der Waals surface area contributed by atoms with Crippen LogP contribution in [0.15, 0.2) is 18.2 Å². The summed E-state index contributed by atoms with van der Waals surface area (Å²) in [5.41, 5.74) is 1.10. The minimum Gasteiger partial charge on any atom is -0.493 e. The molecular weight excluding hydrogens is 298 g/mol. The molecular formula is C13H18BrNO3. The van der Waals surface area contributed by atoms with E-state index in [2.05, 4.69) is 21.2 Å². The Bertz CT molecular complexity index is 396. The number of amides is 1. The Morgan fingerprint density at radius 1 is 1.39 bits per heavy atom. The summed E-state index contributed by atoms with van der Waals surface area (Å²) in [7, 11) is 1.62. The van der Waals surface area contributed by atoms with Gasteiger partial charge in [-0.25, -0.2) is 0 Å². The van der Waals surface area contributed by atoms with Gasteiger partial charge >= 0.3 is 0 Å². The van der Waals surface area contributed by atoms with Gasteiger partial charge in [-0.1, -0.05) is 22.0 Å². The summed E-state index contributed by atoms with van der Waals surface area (Å²) < 4.78 is 10.7. The summed E-state index contributed by atoms with van der Waals surface area (Å²) in [6.45, 7) is 3.15. The zero-order chi connectivity index (χ0) is 13.4. The van der Waals surface area contributed by atoms with Gasteiger partial charge in [-0.05, 0) is 31.0 Å². The van der Waals surface area contributed by atoms with Crippen molar-refractivity contribution in [3.63, 3.8) is 0 Å². The third-order valence-electron chi connectivity index (χ3n) is 2.39. The van der Waals surface area contributed by atoms with Crippen LogP contribution in [0.4, 0.5) is 0 Å². The molecule has 100 valence electrons. The molecule has 18 heavy (non-hydrogen) atoms. The molecule has 5 heteroatoms. The number of nitrogens with one attached hydrogen (secondary N) is 1. The summed E-state index contributed by atoms with van der Waals surface area (Å²) >= 11 is 3.10. The molecule has 1 aromatic carbocycles. The SMILES string of the molecule is CCOc1ccc(CCNC(=O)CBr)cc1OC. The van der Waals surface area contributed by atoms with Crippen molar-refractivity contribution in [2.75, 3.05) is 25.6 Å². The Labute approximate surface area is 116 Å². The van der Waals surface area contributed by atoms with Crippen LogP contribution in [0.1, 0.15) is 12.5 Å². The van der Waals surface area contributed by atoms with E-state index in [-0.39, 0.29) is 5.91 Å². The monoisotopic (exact) mass is 315 g/mol. The molecule has 1 N–H and O–H groups in total. The van der Waals surface area contributed by atoms with E-state index in [9.17, 15) is 4.79 Å². The highest BCUT2D eigenvalue weighted by atomic mass is 79.9. The van der Waals surface area contributed by atoms with Crippen molar-refractivity contribution in [1.29, 1.82) is 0 Å². The smallest absolute Gasteiger partial charge is 0.230 e. The zero-order valence-electron chi connectivity index (χ0n) is 10.7. The Hall–Kier alpha value is -1.23. The maximum atomic E-state index is 11.1. The van der Waals surface area contributed by atoms with Crippen molar-refractivity contribution in [1.82, 2.24) is 5.32 Å². The molecule has 0 heterocycles. The quantitative estimate of drug-likeness (QED) is 0.784. The van der Waals surface area contributed by atoms with Crippen LogP contribution >= 0.6 is 15.9 Å². The molecule has 0 fully saturated rings. The van der Waals surface area contributed by atoms with Crippen molar-refractivity contribution in [2.45, 2.75) is 13.3 Å². The minimum absolute atomic E-state index is 0.00657. The Morgan fingerprint density at radius 3 is 2.78 bits per heavy atom. The number of ether oxygens (including phenoxy) is 2. The molecule has 0 saturated carbocycles. The highest BCUT2D eigenvalue weighted by Gasteiger charge is 2.05. The number of methoxy groups -OCH3 is 1. The molecule has 1 amide bonds. The molecule has 0 aromatic heterocycles. The van der Waals surface area contributed by atoms with E-state index < -0.39 is 0 Å². The number of carbonyl (C=O) groups excluding carboxylic acids is 1. The minimum atomic E-state index is -0.00657. The van der Waals surface area contributed by atoms with Crippen molar-refractivity contribution < 1.29 is 14.3 Å². The van der Waals surface area contributed by atoms with Gasteiger partial charge in [0.1, 0.15) is 0 Å². The van der Waals surface area contributed by atoms with Gasteiger partial charge in [0.05, 0.1) is 19.0 Å². The first-order chi connectivity index (χ1) is 8.71. The van der Waals surface area contributed by atoms with Crippen LogP contribution in [-0.4, -0.2) is 31.5 Å². The summed E-state index contributed by atoms with van der Waals surface area (Å²) in [6, 6.07) is 5.81. The molecule has 0 atom stereocenters. The summed E-state index contributed by atoms with van der Waals surface area (Å²) in [5, 5.41) is 3.13. The number of benzene rings is 1. The first-order valence-corrected chi connectivity index (χ1v) is 6.95. The van der Waals surface area contributed by atoms with E-state index >= 15 is 0 Å². The molecule has 0 aliphatic carbocycles. The number of halogens is 1. The molecule has 0 spiro atoms. The number of hydrogen-bond donors (Lipinski definition) is 1. The predicted molar refractivity (Wildman–Crippen MR) is 74.7 cm³/mol. The van der Waals surface area contributed by atoms with Gasteiger partial charge in [0.2, 0.25) is 5.91 Å². The van der Waals surface area contributed by atoms with Crippen LogP contribution in [0, 0.1) is 0 Å². The number of rotatable bonds is 7. The zero-order valence-corrected chi connectivity index (χ0v) is 12.2. The first-order valence-electron chi connectivity index (χ1n) is 5.83. The second-order valence-electron chi connectivity index (χ2n) is 3.65. The number of carbonyl (C=O) groups is 1. The third kappa shape index (κ3) is 4.56. The maximum absolute atomic E-state index is 11.1. The number of hydrogen-bond acceptors (Lipinski definition) is 3. The van der Waals surface area contributed by atoms with Crippen LogP contribution in [-0.2, 0) is 11.2 Å². The molecule has 0 aliphatic heterocycles. The van der Waals surface area contributed by atoms with Crippen LogP contribution in [0.25, 0.3) is 0 Å². The second-order valence-corrected chi connectivity index (χ2v) is 4.21. The van der Waals surface area contributed by atoms with E-state index in [1.165, 1.54) is 0 Å². The van der Waals surface area contributed by atoms with Gasteiger partial charge in [0.25, 0.3) is 0 Å². The highest BCUT2D eigenvalue weighted by molar-refractivity contribution is 9.09. The highest BCUT2D eigenvalue weighted by Crippen LogP contribution is 2.28. The molecule has 1 aromatic rings. The lowest BCUT2D eigenvalue weighted by molar-refractivity contribution is -0.118. The Kier molecular flexibility index (Phi) is 6.57. The van der Waals surface area contributed by atoms with Crippen molar-refractivity contribution in [3.05, 3.63) is 23.8 Å². The molecule has 0 saturated heterocycles. The predicted octanol–water partition coefficient (Wildman–Crippen LogP) is 2.15. The second kappa shape index (κ2) is 7.97. The molecule has 1 rings (SSSR count). The maximum Gasteiger partial charge on any atom is 0.230 e. The van der Waals surface area contributed by atoms with Gasteiger partial charge in [-0.15, -0.1) is 0 Å². The van der Waals surface area contributed by atoms with Crippen LogP contribution in [0.3, 0.4) is 0 Å². The van der Waals surface area contributed by atoms with E-state index in [0.29, 0.717) is 18.5 Å². The first kappa shape index (κ1) is 14.8. The number of alkyl halides is 1. The van der Waals surface area contributed by atoms with Crippen molar-refractivity contribution in [2.24, 2.45) is 0 Å². The van der Waals surface area contributed by atoms with E-state index in [0.717, 1.165) is 23.5 Å². The Balaban J connectivity index is 2.59. The summed E-state index contributed by atoms with van der Waals surface area (Å²) in [4.78, 5) is 11.1. The average molecular weight is 316 g/mol. The molecule has 0 aliphatic rings. The fraction of sp³-hybridized carbons (Fsp3) is 0.462. The lowest BCUT2D eigenvalue weighted by atomic mass is 10.1. The van der Waals surface area contributed by atoms with Gasteiger partial charge < -0.3 is 14.8 Å². The van der Waals surface area contributed by atoms with E-state index in [4.69, 9.17) is 9.47 Å². The molecule has 4 nitrogen and oxygen atoms in total. The van der Waals surface area contributed by atoms with Gasteiger partial charge in [0.15, 0.2) is 11.5 Å². The van der Waals surface area contributed by atoms with Crippen LogP contribution < -0.4 is 14.8 Å². The topological polar surface area (TPSA) is 47.6 Å². The fourth-order valence-electron chi connectivity index (χ4n) is 1.54. The van der Waals surface area contributed by atoms with Crippen LogP contribution in [0.5, 0.6) is 11.5 Å². The third-order valence-corrected chi connectivity index (χ3v) is 2.89. The summed E-state index contributed by atoms with van der Waals surface area (Å²) in [5.74, 6) is 1.46. The van der Waals surface area contributed by atoms with Crippen molar-refractivity contribution in [3.8, 4) is 11.5 Å². The molecule has 0 bridgehead atoms. The van der Waals surface area contributed by atoms with Gasteiger partial charge in [-0.2, -0.15) is 0 Å². The van der Waals surface area contributed by atoms with E-state index in [1.54, 1.807) is 7.11 Å². The van der Waals surface area contributed by atoms with Gasteiger partial charge in [0, 0.05) is 6.54 Å². The van der Waals surface area contributed by atoms with Gasteiger partial charge in [-0.3, -0.25) is 4.79 Å². The standard InChI is InChI=1S/C13H18BrNO3/c1-3-18-11-5-4-10(8-12(11)17-2)6-7-15-13(16)9-14/h4-5,8H,3,6-7,9H2,1-2H3,(H,15,16). The molecule has 0 unspecified atom stereocenters. The largest absolute Gasteiger partial charge is 0.493 e.